The number of rotatable bonds is 6. The largest absolute Gasteiger partial charge is 0.468 e. The first-order chi connectivity index (χ1) is 16.9. The number of hydrogen-bond acceptors (Lipinski definition) is 8. The van der Waals surface area contributed by atoms with Crippen molar-refractivity contribution in [1.29, 1.82) is 0 Å². The summed E-state index contributed by atoms with van der Waals surface area (Å²) in [5, 5.41) is 0. The van der Waals surface area contributed by atoms with Crippen molar-refractivity contribution in [3.8, 4) is 5.88 Å². The molecule has 1 atom stereocenters. The highest BCUT2D eigenvalue weighted by Gasteiger charge is 2.42. The molecule has 1 aromatic carbocycles. The molecule has 1 aliphatic heterocycles. The van der Waals surface area contributed by atoms with Gasteiger partial charge in [-0.15, -0.1) is 0 Å². The van der Waals surface area contributed by atoms with Gasteiger partial charge in [-0.25, -0.2) is 45.8 Å². The number of benzene rings is 1. The lowest BCUT2D eigenvalue weighted by Crippen LogP contribution is -2.50. The van der Waals surface area contributed by atoms with Crippen molar-refractivity contribution >= 4 is 27.9 Å². The summed E-state index contributed by atoms with van der Waals surface area (Å²) in [5.41, 5.74) is 3.32. The van der Waals surface area contributed by atoms with Gasteiger partial charge in [0.05, 0.1) is 18.1 Å². The van der Waals surface area contributed by atoms with Gasteiger partial charge in [0.25, 0.3) is 0 Å². The Hall–Kier alpha value is -3.94. The predicted octanol–water partition coefficient (Wildman–Crippen LogP) is 2.34. The molecule has 4 rings (SSSR count). The second-order valence-electron chi connectivity index (χ2n) is 8.31. The molecular weight excluding hydrogens is 499 g/mol. The molecule has 1 aliphatic rings. The molecule has 0 amide bonds. The topological polar surface area (TPSA) is 129 Å². The summed E-state index contributed by atoms with van der Waals surface area (Å²) in [7, 11) is -0.930. The van der Waals surface area contributed by atoms with E-state index in [0.29, 0.717) is 5.82 Å². The maximum Gasteiger partial charge on any atom is 0.239 e. The molecule has 0 spiro atoms. The fourth-order valence-corrected chi connectivity index (χ4v) is 5.03. The van der Waals surface area contributed by atoms with Crippen molar-refractivity contribution in [2.24, 2.45) is 17.8 Å². The van der Waals surface area contributed by atoms with E-state index < -0.39 is 38.8 Å². The molecule has 2 N–H and O–H groups in total. The van der Waals surface area contributed by atoms with E-state index in [0.717, 1.165) is 28.7 Å². The second-order valence-corrected chi connectivity index (χ2v) is 10.3. The number of nitrogens with two attached hydrogens (primary N) is 1. The zero-order valence-corrected chi connectivity index (χ0v) is 20.3. The number of hydrogen-bond donors (Lipinski definition) is 1. The lowest BCUT2D eigenvalue weighted by atomic mass is 9.92. The summed E-state index contributed by atoms with van der Waals surface area (Å²) in [6.45, 7) is 1.44. The summed E-state index contributed by atoms with van der Waals surface area (Å²) in [6.07, 6.45) is 6.63. The van der Waals surface area contributed by atoms with Crippen LogP contribution in [0.5, 0.6) is 5.88 Å². The Bertz CT molecular complexity index is 1470. The molecule has 190 valence electrons. The third-order valence-electron chi connectivity index (χ3n) is 5.63. The van der Waals surface area contributed by atoms with E-state index in [9.17, 15) is 21.6 Å². The standard InChI is InChI=1S/C22H22F3N7O3S/c1-22(12-36(33,34)32(3)21(26)30-22)14-6-13(8-16(24)20(14)25)7-15(23)17-9-29-19(10-28-17)35-11-18-27-4-5-31(18)2/h4-10H,11-12H2,1-3H3,(H2,26,30)/b15-7-/t22-/m0/s1. The van der Waals surface area contributed by atoms with Gasteiger partial charge >= 0.3 is 0 Å². The van der Waals surface area contributed by atoms with Crippen molar-refractivity contribution < 1.29 is 26.3 Å². The van der Waals surface area contributed by atoms with E-state index in [4.69, 9.17) is 10.5 Å². The minimum atomic E-state index is -3.94. The molecular formula is C22H22F3N7O3S. The molecule has 2 aromatic heterocycles. The van der Waals surface area contributed by atoms with Gasteiger partial charge in [-0.3, -0.25) is 0 Å². The molecule has 0 saturated carbocycles. The third kappa shape index (κ3) is 4.89. The first-order valence-corrected chi connectivity index (χ1v) is 12.1. The lowest BCUT2D eigenvalue weighted by molar-refractivity contribution is 0.279. The van der Waals surface area contributed by atoms with Crippen LogP contribution in [0.4, 0.5) is 13.2 Å². The maximum atomic E-state index is 14.9. The number of aryl methyl sites for hydroxylation is 1. The summed E-state index contributed by atoms with van der Waals surface area (Å²) in [6, 6.07) is 1.89. The average molecular weight is 522 g/mol. The van der Waals surface area contributed by atoms with Gasteiger partial charge in [0.2, 0.25) is 21.9 Å². The van der Waals surface area contributed by atoms with Gasteiger partial charge in [0, 0.05) is 32.1 Å². The number of halogens is 3. The Morgan fingerprint density at radius 2 is 1.97 bits per heavy atom. The Morgan fingerprint density at radius 1 is 1.22 bits per heavy atom. The fourth-order valence-electron chi connectivity index (χ4n) is 3.58. The number of aromatic nitrogens is 4. The fraction of sp³-hybridized carbons (Fsp3) is 0.273. The molecule has 3 heterocycles. The summed E-state index contributed by atoms with van der Waals surface area (Å²) < 4.78 is 76.9. The zero-order chi connectivity index (χ0) is 26.3. The van der Waals surface area contributed by atoms with E-state index in [1.807, 2.05) is 0 Å². The van der Waals surface area contributed by atoms with Gasteiger partial charge in [-0.2, -0.15) is 0 Å². The van der Waals surface area contributed by atoms with Crippen molar-refractivity contribution in [2.75, 3.05) is 12.8 Å². The number of guanidine groups is 1. The van der Waals surface area contributed by atoms with E-state index in [1.54, 1.807) is 24.0 Å². The van der Waals surface area contributed by atoms with E-state index >= 15 is 0 Å². The summed E-state index contributed by atoms with van der Waals surface area (Å²) in [4.78, 5) is 16.1. The van der Waals surface area contributed by atoms with Crippen LogP contribution in [0.2, 0.25) is 0 Å². The number of sulfonamides is 1. The van der Waals surface area contributed by atoms with Gasteiger partial charge in [-0.1, -0.05) is 0 Å². The van der Waals surface area contributed by atoms with Crippen LogP contribution >= 0.6 is 0 Å². The average Bonchev–Trinajstić information content (AvgIpc) is 3.23. The van der Waals surface area contributed by atoms with Crippen LogP contribution in [0.25, 0.3) is 11.9 Å². The quantitative estimate of drug-likeness (QED) is 0.527. The number of ether oxygens (including phenoxy) is 1. The van der Waals surface area contributed by atoms with Crippen LogP contribution in [-0.2, 0) is 29.2 Å². The SMILES string of the molecule is CN1C(N)=N[C@](C)(c2cc(/C=C(\F)c3cnc(OCc4nccn4C)cn3)cc(F)c2F)CS1(=O)=O. The van der Waals surface area contributed by atoms with Crippen LogP contribution in [0.1, 0.15) is 29.6 Å². The molecule has 14 heteroatoms. The minimum Gasteiger partial charge on any atom is -0.468 e. The molecule has 10 nitrogen and oxygen atoms in total. The maximum absolute atomic E-state index is 14.9. The highest BCUT2D eigenvalue weighted by molar-refractivity contribution is 7.89. The van der Waals surface area contributed by atoms with Crippen molar-refractivity contribution in [3.05, 3.63) is 71.2 Å². The highest BCUT2D eigenvalue weighted by atomic mass is 32.2. The Balaban J connectivity index is 1.60. The van der Waals surface area contributed by atoms with E-state index in [-0.39, 0.29) is 35.3 Å². The van der Waals surface area contributed by atoms with Gasteiger partial charge in [0.15, 0.2) is 17.5 Å². The van der Waals surface area contributed by atoms with E-state index in [2.05, 4.69) is 19.9 Å². The molecule has 0 bridgehead atoms. The zero-order valence-electron chi connectivity index (χ0n) is 19.5. The van der Waals surface area contributed by atoms with Crippen LogP contribution < -0.4 is 10.5 Å². The second kappa shape index (κ2) is 9.26. The Labute approximate surface area is 205 Å². The van der Waals surface area contributed by atoms with E-state index in [1.165, 1.54) is 20.2 Å². The highest BCUT2D eigenvalue weighted by Crippen LogP contribution is 2.35. The van der Waals surface area contributed by atoms with Crippen molar-refractivity contribution in [1.82, 2.24) is 23.8 Å². The number of imidazole rings is 1. The van der Waals surface area contributed by atoms with Crippen molar-refractivity contribution in [3.63, 3.8) is 0 Å². The molecule has 0 saturated heterocycles. The normalized spacial score (nSPS) is 19.8. The summed E-state index contributed by atoms with van der Waals surface area (Å²) in [5.74, 6) is -3.75. The molecule has 36 heavy (non-hydrogen) atoms. The van der Waals surface area contributed by atoms with Gasteiger partial charge in [0.1, 0.15) is 23.7 Å². The molecule has 3 aromatic rings. The molecule has 0 radical (unpaired) electrons. The molecule has 0 fully saturated rings. The first kappa shape index (κ1) is 25.2. The van der Waals surface area contributed by atoms with Crippen LogP contribution in [0.3, 0.4) is 0 Å². The minimum absolute atomic E-state index is 0.0790. The Morgan fingerprint density at radius 3 is 2.58 bits per heavy atom. The predicted molar refractivity (Wildman–Crippen MR) is 125 cm³/mol. The summed E-state index contributed by atoms with van der Waals surface area (Å²) >= 11 is 0. The van der Waals surface area contributed by atoms with Gasteiger partial charge in [-0.05, 0) is 30.7 Å². The lowest BCUT2D eigenvalue weighted by Gasteiger charge is -2.34. The first-order valence-electron chi connectivity index (χ1n) is 10.5. The third-order valence-corrected chi connectivity index (χ3v) is 7.58. The van der Waals surface area contributed by atoms with Crippen molar-refractivity contribution in [2.45, 2.75) is 19.1 Å². The monoisotopic (exact) mass is 521 g/mol. The smallest absolute Gasteiger partial charge is 0.239 e. The number of aliphatic imine (C=N–C) groups is 1. The van der Waals surface area contributed by atoms with Crippen LogP contribution in [0.15, 0.2) is 41.9 Å². The van der Waals surface area contributed by atoms with Crippen LogP contribution in [0, 0.1) is 11.6 Å². The van der Waals surface area contributed by atoms with Crippen LogP contribution in [-0.4, -0.2) is 51.0 Å². The molecule has 0 aliphatic carbocycles. The number of nitrogens with zero attached hydrogens (tertiary/aromatic N) is 6. The van der Waals surface area contributed by atoms with Gasteiger partial charge < -0.3 is 15.0 Å². The Kier molecular flexibility index (Phi) is 6.47. The molecule has 0 unspecified atom stereocenters.